The van der Waals surface area contributed by atoms with Gasteiger partial charge in [0.15, 0.2) is 0 Å². The minimum atomic E-state index is -0.451. The van der Waals surface area contributed by atoms with Gasteiger partial charge in [0.25, 0.3) is 0 Å². The normalized spacial score (nSPS) is 78.5. The summed E-state index contributed by atoms with van der Waals surface area (Å²) in [6, 6.07) is 0. The van der Waals surface area contributed by atoms with Crippen LogP contribution in [0.25, 0.3) is 0 Å². The van der Waals surface area contributed by atoms with E-state index < -0.39 is 10.8 Å². The van der Waals surface area contributed by atoms with Crippen molar-refractivity contribution in [3.8, 4) is 0 Å². The van der Waals surface area contributed by atoms with Crippen LogP contribution < -0.4 is 0 Å². The van der Waals surface area contributed by atoms with Gasteiger partial charge in [-0.25, -0.2) is 0 Å². The summed E-state index contributed by atoms with van der Waals surface area (Å²) in [7, 11) is 0. The molecule has 8 saturated carbocycles. The van der Waals surface area contributed by atoms with Crippen molar-refractivity contribution in [1.29, 1.82) is 0 Å². The number of hydrogen-bond donors (Lipinski definition) is 0. The van der Waals surface area contributed by atoms with Gasteiger partial charge in [0.05, 0.1) is 10.8 Å². The maximum Gasteiger partial charge on any atom is 0.314 e. The Morgan fingerprint density at radius 2 is 1.08 bits per heavy atom. The fraction of sp³-hybridized carbons (Fsp3) is 0.900. The number of rotatable bonds is 0. The van der Waals surface area contributed by atoms with Crippen LogP contribution in [-0.2, 0) is 19.1 Å². The Bertz CT molecular complexity index is 723. The molecule has 0 aromatic heterocycles. The van der Waals surface area contributed by atoms with Gasteiger partial charge >= 0.3 is 11.9 Å². The minimum Gasteiger partial charge on any atom is -0.462 e. The summed E-state index contributed by atoms with van der Waals surface area (Å²) < 4.78 is 12.2. The molecule has 124 valence electrons. The molecule has 4 nitrogen and oxygen atoms in total. The highest BCUT2D eigenvalue weighted by Gasteiger charge is 3.03. The number of carbonyl (C=O) groups is 2. The highest BCUT2D eigenvalue weighted by molar-refractivity contribution is 5.96. The Labute approximate surface area is 139 Å². The minimum absolute atomic E-state index is 0.0392. The van der Waals surface area contributed by atoms with Gasteiger partial charge in [-0.05, 0) is 73.0 Å². The van der Waals surface area contributed by atoms with Crippen molar-refractivity contribution in [2.45, 2.75) is 37.9 Å². The molecular formula is C20H20O4. The van der Waals surface area contributed by atoms with Gasteiger partial charge in [-0.2, -0.15) is 0 Å². The van der Waals surface area contributed by atoms with Crippen LogP contribution in [0.4, 0.5) is 0 Å². The average molecular weight is 324 g/mol. The second-order valence-corrected chi connectivity index (χ2v) is 10.5. The SMILES string of the molecule is O=C1O[C@@H]2CC[C@H]3[C@H]2[C@H]2[C@H]4[C@H]5[C@H]6[C@@H]7[C@H]8CC[C@H]7OC(=O)[C@]6([C@@H]34)[C@@]12[C@H]85. The van der Waals surface area contributed by atoms with E-state index in [1.807, 2.05) is 0 Å². The van der Waals surface area contributed by atoms with Crippen molar-refractivity contribution in [1.82, 2.24) is 0 Å². The third-order valence-electron chi connectivity index (χ3n) is 11.3. The third-order valence-corrected chi connectivity index (χ3v) is 11.3. The summed E-state index contributed by atoms with van der Waals surface area (Å²) in [5.41, 5.74) is -0.902. The van der Waals surface area contributed by atoms with Crippen LogP contribution in [0, 0.1) is 70.0 Å². The molecule has 2 spiro atoms. The fourth-order valence-corrected chi connectivity index (χ4v) is 12.0. The molecule has 0 amide bonds. The van der Waals surface area contributed by atoms with E-state index in [2.05, 4.69) is 0 Å². The smallest absolute Gasteiger partial charge is 0.314 e. The average Bonchev–Trinajstić information content (AvgIpc) is 3.34. The number of esters is 2. The third kappa shape index (κ3) is 0.641. The van der Waals surface area contributed by atoms with Gasteiger partial charge < -0.3 is 9.47 Å². The van der Waals surface area contributed by atoms with Crippen molar-refractivity contribution >= 4 is 11.9 Å². The van der Waals surface area contributed by atoms with Crippen molar-refractivity contribution in [3.05, 3.63) is 0 Å². The summed E-state index contributed by atoms with van der Waals surface area (Å²) in [6.45, 7) is 0. The summed E-state index contributed by atoms with van der Waals surface area (Å²) >= 11 is 0. The molecule has 0 aromatic rings. The first-order valence-electron chi connectivity index (χ1n) is 10.2. The molecule has 4 heteroatoms. The predicted molar refractivity (Wildman–Crippen MR) is 78.0 cm³/mol. The molecule has 0 aromatic carbocycles. The first-order chi connectivity index (χ1) is 11.7. The molecule has 24 heavy (non-hydrogen) atoms. The molecule has 10 rings (SSSR count). The van der Waals surface area contributed by atoms with E-state index >= 15 is 0 Å². The maximum atomic E-state index is 13.5. The van der Waals surface area contributed by atoms with Crippen LogP contribution >= 0.6 is 0 Å². The number of carbonyl (C=O) groups excluding carboxylic acids is 2. The van der Waals surface area contributed by atoms with Crippen LogP contribution in [0.2, 0.25) is 0 Å². The molecule has 0 unspecified atom stereocenters. The lowest BCUT2D eigenvalue weighted by atomic mass is 9.42. The molecule has 2 aliphatic heterocycles. The zero-order valence-electron chi connectivity index (χ0n) is 13.4. The zero-order chi connectivity index (χ0) is 15.3. The van der Waals surface area contributed by atoms with E-state index in [9.17, 15) is 9.59 Å². The van der Waals surface area contributed by atoms with Gasteiger partial charge in [0, 0.05) is 11.8 Å². The fourth-order valence-electron chi connectivity index (χ4n) is 12.0. The number of ether oxygens (including phenoxy) is 2. The van der Waals surface area contributed by atoms with Crippen LogP contribution in [0.5, 0.6) is 0 Å². The van der Waals surface area contributed by atoms with Gasteiger partial charge in [-0.3, -0.25) is 9.59 Å². The second kappa shape index (κ2) is 2.77. The standard InChI is InChI=1S/C20H20O4/c21-17-19-13-5-1-3-7-9(5)15-11(13)12-14(20(15,19)18(22)23-7)6-2-4-8(24-17)10(6)16(12)19/h5-16H,1-4H2/t5-,6+,7-,8-,9-,10-,11-,12+,13-,14+,15-,16+,19-,20-/m1/s1. The van der Waals surface area contributed by atoms with Crippen LogP contribution in [0.1, 0.15) is 25.7 Å². The van der Waals surface area contributed by atoms with Crippen LogP contribution in [0.15, 0.2) is 0 Å². The Morgan fingerprint density at radius 1 is 0.625 bits per heavy atom. The Hall–Kier alpha value is -1.06. The zero-order valence-corrected chi connectivity index (χ0v) is 13.4. The first-order valence-corrected chi connectivity index (χ1v) is 10.2. The molecule has 14 atom stereocenters. The topological polar surface area (TPSA) is 52.6 Å². The maximum absolute atomic E-state index is 13.5. The second-order valence-electron chi connectivity index (χ2n) is 10.5. The van der Waals surface area contributed by atoms with Gasteiger partial charge in [0.1, 0.15) is 12.2 Å². The molecule has 8 bridgehead atoms. The first kappa shape index (κ1) is 11.5. The van der Waals surface area contributed by atoms with Crippen LogP contribution in [-0.4, -0.2) is 24.1 Å². The molecule has 10 aliphatic rings. The summed E-state index contributed by atoms with van der Waals surface area (Å²) in [6.07, 6.45) is 4.77. The van der Waals surface area contributed by atoms with Crippen molar-refractivity contribution < 1.29 is 19.1 Å². The lowest BCUT2D eigenvalue weighted by molar-refractivity contribution is -0.250. The van der Waals surface area contributed by atoms with E-state index in [-0.39, 0.29) is 24.1 Å². The largest absolute Gasteiger partial charge is 0.462 e. The van der Waals surface area contributed by atoms with Crippen molar-refractivity contribution in [2.75, 3.05) is 0 Å². The van der Waals surface area contributed by atoms with E-state index in [0.717, 1.165) is 12.8 Å². The van der Waals surface area contributed by atoms with Crippen molar-refractivity contribution in [2.24, 2.45) is 70.0 Å². The Morgan fingerprint density at radius 3 is 1.54 bits per heavy atom. The predicted octanol–water partition coefficient (Wildman–Crippen LogP) is 1.63. The molecule has 2 saturated heterocycles. The van der Waals surface area contributed by atoms with Crippen molar-refractivity contribution in [3.63, 3.8) is 0 Å². The summed E-state index contributed by atoms with van der Waals surface area (Å²) in [5, 5.41) is 0. The molecule has 0 radical (unpaired) electrons. The number of hydrogen-bond acceptors (Lipinski definition) is 4. The van der Waals surface area contributed by atoms with E-state index in [0.29, 0.717) is 59.2 Å². The molecule has 10 fully saturated rings. The van der Waals surface area contributed by atoms with E-state index in [1.54, 1.807) is 0 Å². The highest BCUT2D eigenvalue weighted by Crippen LogP contribution is 2.99. The van der Waals surface area contributed by atoms with Gasteiger partial charge in [0.2, 0.25) is 0 Å². The Kier molecular flexibility index (Phi) is 1.33. The summed E-state index contributed by atoms with van der Waals surface area (Å²) in [4.78, 5) is 27.0. The molecular weight excluding hydrogens is 304 g/mol. The molecule has 2 heterocycles. The lowest BCUT2D eigenvalue weighted by Crippen LogP contribution is -2.71. The highest BCUT2D eigenvalue weighted by atomic mass is 16.6. The molecule has 0 N–H and O–H groups in total. The lowest BCUT2D eigenvalue weighted by Gasteiger charge is -2.62. The molecule has 8 aliphatic carbocycles. The van der Waals surface area contributed by atoms with E-state index in [4.69, 9.17) is 9.47 Å². The monoisotopic (exact) mass is 324 g/mol. The summed E-state index contributed by atoms with van der Waals surface area (Å²) in [5.74, 6) is 5.71. The van der Waals surface area contributed by atoms with E-state index in [1.165, 1.54) is 12.8 Å². The van der Waals surface area contributed by atoms with Crippen LogP contribution in [0.3, 0.4) is 0 Å². The van der Waals surface area contributed by atoms with Gasteiger partial charge in [-0.15, -0.1) is 0 Å². The Balaban J connectivity index is 1.45. The quantitative estimate of drug-likeness (QED) is 0.636. The van der Waals surface area contributed by atoms with Gasteiger partial charge in [-0.1, -0.05) is 0 Å².